The quantitative estimate of drug-likeness (QED) is 0.211. The van der Waals surface area contributed by atoms with Gasteiger partial charge in [0.1, 0.15) is 11.2 Å². The van der Waals surface area contributed by atoms with Gasteiger partial charge in [0.2, 0.25) is 0 Å². The number of rotatable bonds is 2. The number of thiophene rings is 1. The van der Waals surface area contributed by atoms with Crippen LogP contribution in [0.2, 0.25) is 0 Å². The summed E-state index contributed by atoms with van der Waals surface area (Å²) in [6, 6.07) is 32.4. The Balaban J connectivity index is 1.41. The van der Waals surface area contributed by atoms with Crippen LogP contribution in [-0.4, -0.2) is 18.3 Å². The van der Waals surface area contributed by atoms with Gasteiger partial charge in [0.05, 0.1) is 11.2 Å². The lowest BCUT2D eigenvalue weighted by Crippen LogP contribution is -2.41. The molecule has 39 heavy (non-hydrogen) atoms. The molecule has 1 saturated heterocycles. The molecule has 0 saturated carbocycles. The fourth-order valence-corrected chi connectivity index (χ4v) is 7.33. The van der Waals surface area contributed by atoms with Crippen molar-refractivity contribution in [2.24, 2.45) is 0 Å². The van der Waals surface area contributed by atoms with E-state index in [0.29, 0.717) is 0 Å². The summed E-state index contributed by atoms with van der Waals surface area (Å²) in [6.45, 7) is 8.43. The van der Waals surface area contributed by atoms with Gasteiger partial charge in [0, 0.05) is 42.0 Å². The average Bonchev–Trinajstić information content (AvgIpc) is 3.57. The number of furan rings is 1. The first-order valence-corrected chi connectivity index (χ1v) is 14.3. The molecule has 1 fully saturated rings. The third kappa shape index (κ3) is 3.24. The molecule has 2 aromatic heterocycles. The highest BCUT2D eigenvalue weighted by molar-refractivity contribution is 7.27. The van der Waals surface area contributed by atoms with Crippen LogP contribution in [-0.2, 0) is 9.31 Å². The van der Waals surface area contributed by atoms with E-state index in [1.54, 1.807) is 0 Å². The van der Waals surface area contributed by atoms with Crippen LogP contribution in [0, 0.1) is 0 Å². The van der Waals surface area contributed by atoms with Crippen molar-refractivity contribution < 1.29 is 13.7 Å². The Labute approximate surface area is 231 Å². The Bertz CT molecular complexity index is 2080. The van der Waals surface area contributed by atoms with Crippen LogP contribution in [0.4, 0.5) is 0 Å². The third-order valence-corrected chi connectivity index (χ3v) is 10.0. The van der Waals surface area contributed by atoms with Crippen molar-refractivity contribution in [1.29, 1.82) is 0 Å². The molecule has 0 amide bonds. The monoisotopic (exact) mass is 526 g/mol. The maximum Gasteiger partial charge on any atom is 0.496 e. The Kier molecular flexibility index (Phi) is 4.74. The summed E-state index contributed by atoms with van der Waals surface area (Å²) in [7, 11) is -0.398. The van der Waals surface area contributed by atoms with E-state index in [1.807, 2.05) is 23.5 Å². The zero-order chi connectivity index (χ0) is 26.5. The Morgan fingerprint density at radius 3 is 1.95 bits per heavy atom. The zero-order valence-corrected chi connectivity index (χ0v) is 23.2. The maximum absolute atomic E-state index is 6.48. The molecular formula is C34H27BO3S. The number of fused-ring (bicyclic) bond motifs is 8. The van der Waals surface area contributed by atoms with Crippen LogP contribution in [0.3, 0.4) is 0 Å². The normalized spacial score (nSPS) is 16.9. The summed E-state index contributed by atoms with van der Waals surface area (Å²) in [4.78, 5) is 0. The average molecular weight is 526 g/mol. The maximum atomic E-state index is 6.48. The van der Waals surface area contributed by atoms with Crippen LogP contribution in [0.15, 0.2) is 95.4 Å². The van der Waals surface area contributed by atoms with E-state index in [4.69, 9.17) is 13.7 Å². The lowest BCUT2D eigenvalue weighted by atomic mass is 9.78. The van der Waals surface area contributed by atoms with E-state index in [-0.39, 0.29) is 11.2 Å². The molecule has 5 aromatic carbocycles. The highest BCUT2D eigenvalue weighted by Gasteiger charge is 2.52. The second-order valence-electron chi connectivity index (χ2n) is 11.5. The smallest absolute Gasteiger partial charge is 0.455 e. The van der Waals surface area contributed by atoms with Crippen molar-refractivity contribution in [2.45, 2.75) is 38.9 Å². The molecule has 3 heterocycles. The van der Waals surface area contributed by atoms with Crippen LogP contribution in [0.5, 0.6) is 0 Å². The van der Waals surface area contributed by atoms with Gasteiger partial charge in [-0.25, -0.2) is 0 Å². The fourth-order valence-electron chi connectivity index (χ4n) is 5.98. The molecule has 1 aliphatic heterocycles. The number of hydrogen-bond acceptors (Lipinski definition) is 4. The number of benzene rings is 5. The van der Waals surface area contributed by atoms with Gasteiger partial charge in [0.15, 0.2) is 0 Å². The minimum Gasteiger partial charge on any atom is -0.455 e. The predicted molar refractivity (Wildman–Crippen MR) is 165 cm³/mol. The van der Waals surface area contributed by atoms with Gasteiger partial charge in [-0.1, -0.05) is 78.9 Å². The van der Waals surface area contributed by atoms with E-state index in [0.717, 1.165) is 32.8 Å². The summed E-state index contributed by atoms with van der Waals surface area (Å²) in [6.07, 6.45) is 0. The van der Waals surface area contributed by atoms with E-state index < -0.39 is 7.12 Å². The third-order valence-electron chi connectivity index (χ3n) is 8.74. The van der Waals surface area contributed by atoms with Crippen LogP contribution in [0.1, 0.15) is 27.7 Å². The Morgan fingerprint density at radius 2 is 1.18 bits per heavy atom. The van der Waals surface area contributed by atoms with Gasteiger partial charge in [0.25, 0.3) is 0 Å². The first-order valence-electron chi connectivity index (χ1n) is 13.5. The van der Waals surface area contributed by atoms with Crippen molar-refractivity contribution in [3.8, 4) is 11.1 Å². The Hall–Kier alpha value is -3.64. The minimum absolute atomic E-state index is 0.386. The van der Waals surface area contributed by atoms with Gasteiger partial charge in [-0.15, -0.1) is 11.3 Å². The molecule has 5 heteroatoms. The molecule has 0 spiro atoms. The van der Waals surface area contributed by atoms with Crippen LogP contribution in [0.25, 0.3) is 64.0 Å². The molecule has 7 aromatic rings. The lowest BCUT2D eigenvalue weighted by Gasteiger charge is -2.32. The molecule has 0 radical (unpaired) electrons. The van der Waals surface area contributed by atoms with Crippen molar-refractivity contribution in [3.63, 3.8) is 0 Å². The van der Waals surface area contributed by atoms with Crippen molar-refractivity contribution in [3.05, 3.63) is 91.0 Å². The van der Waals surface area contributed by atoms with Crippen LogP contribution < -0.4 is 5.46 Å². The molecular weight excluding hydrogens is 499 g/mol. The number of hydrogen-bond donors (Lipinski definition) is 0. The fraction of sp³-hybridized carbons (Fsp3) is 0.176. The summed E-state index contributed by atoms with van der Waals surface area (Å²) in [5, 5.41) is 7.12. The standard InChI is InChI=1S/C34H27BO3S/c1-33(2)34(3,4)38-35(37-33)28-17-10-16-24-23-14-9-15-25(31(23)39-32(24)28)26-19-27-21-12-7-8-18-29(21)36-30(27)22-13-6-5-11-20(22)26/h5-19H,1-4H3. The van der Waals surface area contributed by atoms with Gasteiger partial charge >= 0.3 is 7.12 Å². The first kappa shape index (κ1) is 23.3. The summed E-state index contributed by atoms with van der Waals surface area (Å²) < 4.78 is 21.8. The SMILES string of the molecule is CC1(C)OB(c2cccc3c2sc2c(-c4cc5c6ccccc6oc5c5ccccc45)cccc23)OC1(C)C. The summed E-state index contributed by atoms with van der Waals surface area (Å²) >= 11 is 1.83. The lowest BCUT2D eigenvalue weighted by molar-refractivity contribution is 0.00578. The van der Waals surface area contributed by atoms with Gasteiger partial charge in [-0.2, -0.15) is 0 Å². The molecule has 0 aliphatic carbocycles. The highest BCUT2D eigenvalue weighted by atomic mass is 32.1. The highest BCUT2D eigenvalue weighted by Crippen LogP contribution is 2.45. The van der Waals surface area contributed by atoms with Gasteiger partial charge in [-0.3, -0.25) is 0 Å². The second kappa shape index (κ2) is 7.95. The second-order valence-corrected chi connectivity index (χ2v) is 12.6. The molecule has 0 unspecified atom stereocenters. The van der Waals surface area contributed by atoms with E-state index in [2.05, 4.69) is 107 Å². The molecule has 8 rings (SSSR count). The van der Waals surface area contributed by atoms with E-state index >= 15 is 0 Å². The number of para-hydroxylation sites is 1. The molecule has 3 nitrogen and oxygen atoms in total. The zero-order valence-electron chi connectivity index (χ0n) is 22.4. The van der Waals surface area contributed by atoms with Crippen molar-refractivity contribution in [2.75, 3.05) is 0 Å². The predicted octanol–water partition coefficient (Wildman–Crippen LogP) is 9.07. The molecule has 0 bridgehead atoms. The van der Waals surface area contributed by atoms with E-state index in [9.17, 15) is 0 Å². The minimum atomic E-state index is -0.398. The largest absolute Gasteiger partial charge is 0.496 e. The topological polar surface area (TPSA) is 31.6 Å². The molecule has 0 atom stereocenters. The van der Waals surface area contributed by atoms with E-state index in [1.165, 1.54) is 36.7 Å². The van der Waals surface area contributed by atoms with Crippen molar-refractivity contribution >= 4 is 76.8 Å². The van der Waals surface area contributed by atoms with Crippen LogP contribution >= 0.6 is 11.3 Å². The van der Waals surface area contributed by atoms with Gasteiger partial charge in [-0.05, 0) is 56.2 Å². The molecule has 1 aliphatic rings. The Morgan fingerprint density at radius 1 is 0.564 bits per heavy atom. The summed E-state index contributed by atoms with van der Waals surface area (Å²) in [5.41, 5.74) is 4.65. The van der Waals surface area contributed by atoms with Gasteiger partial charge < -0.3 is 13.7 Å². The summed E-state index contributed by atoms with van der Waals surface area (Å²) in [5.74, 6) is 0. The first-order chi connectivity index (χ1) is 18.8. The molecule has 190 valence electrons. The van der Waals surface area contributed by atoms with Crippen molar-refractivity contribution in [1.82, 2.24) is 0 Å². The molecule has 0 N–H and O–H groups in total.